The Morgan fingerprint density at radius 3 is 1.64 bits per heavy atom. The topological polar surface area (TPSA) is 170 Å². The first-order chi connectivity index (χ1) is 26.2. The average Bonchev–Trinajstić information content (AvgIpc) is 3.14. The number of aliphatic hydroxyl groups is 1. The summed E-state index contributed by atoms with van der Waals surface area (Å²) >= 11 is 0. The van der Waals surface area contributed by atoms with Gasteiger partial charge in [0.2, 0.25) is 0 Å². The van der Waals surface area contributed by atoms with Crippen molar-refractivity contribution in [3.63, 3.8) is 0 Å². The summed E-state index contributed by atoms with van der Waals surface area (Å²) in [6, 6.07) is 20.6. The number of carbonyl (C=O) groups is 3. The van der Waals surface area contributed by atoms with Crippen molar-refractivity contribution in [3.05, 3.63) is 114 Å². The first kappa shape index (κ1) is 44.4. The molecule has 0 heterocycles. The molecule has 55 heavy (non-hydrogen) atoms. The van der Waals surface area contributed by atoms with Crippen LogP contribution in [0.1, 0.15) is 43.9 Å². The third-order valence-corrected chi connectivity index (χ3v) is 9.72. The molecule has 0 saturated heterocycles. The van der Waals surface area contributed by atoms with E-state index in [0.717, 1.165) is 28.8 Å². The van der Waals surface area contributed by atoms with Crippen LogP contribution in [0.2, 0.25) is 0 Å². The van der Waals surface area contributed by atoms with Crippen LogP contribution in [0.15, 0.2) is 102 Å². The molecule has 5 atom stereocenters. The quantitative estimate of drug-likeness (QED) is 0.0798. The highest BCUT2D eigenvalue weighted by atomic mass is 32.2. The molecule has 0 aliphatic rings. The molecule has 3 aromatic carbocycles. The lowest BCUT2D eigenvalue weighted by molar-refractivity contribution is -0.156. The van der Waals surface area contributed by atoms with Crippen molar-refractivity contribution in [1.29, 1.82) is 0 Å². The second-order valence-corrected chi connectivity index (χ2v) is 14.8. The average molecular weight is 783 g/mol. The van der Waals surface area contributed by atoms with Crippen LogP contribution in [0, 0.1) is 6.92 Å². The Bertz CT molecular complexity index is 1820. The SMILES string of the molecule is COc1ccc(CO[C@H](/C=C/C(=O)OCCS(=O)(=O)c2ccc(C)cc2)[C@H](C)OC(=O)/C=C/[C@@H](OCc2ccc(OC)cc2)[C@H](C)OC(=O)C[C@@H](C)O)cc1. The highest BCUT2D eigenvalue weighted by Crippen LogP contribution is 2.18. The summed E-state index contributed by atoms with van der Waals surface area (Å²) in [5.74, 6) is -1.31. The van der Waals surface area contributed by atoms with Gasteiger partial charge in [0, 0.05) is 12.2 Å². The van der Waals surface area contributed by atoms with E-state index in [9.17, 15) is 27.9 Å². The third kappa shape index (κ3) is 16.1. The minimum Gasteiger partial charge on any atom is -0.497 e. The monoisotopic (exact) mass is 782 g/mol. The van der Waals surface area contributed by atoms with E-state index < -0.39 is 64.0 Å². The van der Waals surface area contributed by atoms with Crippen molar-refractivity contribution < 1.29 is 61.1 Å². The van der Waals surface area contributed by atoms with Crippen LogP contribution >= 0.6 is 0 Å². The number of ether oxygens (including phenoxy) is 7. The molecular formula is C41H50O13S. The minimum absolute atomic E-state index is 0.0805. The van der Waals surface area contributed by atoms with Gasteiger partial charge in [-0.15, -0.1) is 0 Å². The normalized spacial score (nSPS) is 14.5. The molecule has 0 aliphatic carbocycles. The van der Waals surface area contributed by atoms with Crippen molar-refractivity contribution in [2.24, 2.45) is 0 Å². The van der Waals surface area contributed by atoms with Crippen molar-refractivity contribution in [1.82, 2.24) is 0 Å². The van der Waals surface area contributed by atoms with E-state index >= 15 is 0 Å². The number of hydrogen-bond donors (Lipinski definition) is 1. The van der Waals surface area contributed by atoms with Crippen LogP contribution in [-0.2, 0) is 61.1 Å². The van der Waals surface area contributed by atoms with Gasteiger partial charge in [-0.1, -0.05) is 42.0 Å². The van der Waals surface area contributed by atoms with Gasteiger partial charge in [0.25, 0.3) is 0 Å². The van der Waals surface area contributed by atoms with Gasteiger partial charge in [-0.3, -0.25) is 4.79 Å². The van der Waals surface area contributed by atoms with Crippen LogP contribution in [0.5, 0.6) is 11.5 Å². The minimum atomic E-state index is -3.67. The number of aliphatic hydroxyl groups excluding tert-OH is 1. The number of methoxy groups -OCH3 is 2. The zero-order chi connectivity index (χ0) is 40.4. The van der Waals surface area contributed by atoms with E-state index in [1.54, 1.807) is 76.6 Å². The molecule has 3 rings (SSSR count). The molecule has 13 nitrogen and oxygen atoms in total. The molecule has 0 aromatic heterocycles. The number of esters is 3. The number of benzene rings is 3. The highest BCUT2D eigenvalue weighted by molar-refractivity contribution is 7.91. The van der Waals surface area contributed by atoms with Gasteiger partial charge >= 0.3 is 17.9 Å². The summed E-state index contributed by atoms with van der Waals surface area (Å²) in [4.78, 5) is 38.1. The van der Waals surface area contributed by atoms with Gasteiger partial charge in [0.05, 0.1) is 50.6 Å². The molecule has 0 amide bonds. The van der Waals surface area contributed by atoms with Gasteiger partial charge in [-0.05, 0) is 87.4 Å². The standard InChI is InChI=1S/C41H50O13S/c1-28-7-17-36(18-8-28)55(46,47)24-23-50-39(43)21-19-37(51-26-32-9-13-34(48-5)14-10-32)30(3)53-40(44)22-20-38(31(4)54-41(45)25-29(2)42)52-27-33-11-15-35(49-6)16-12-33/h7-22,29-31,37-38,42H,23-27H2,1-6H3/b21-19+,22-20+/t29-,30+,31+,37-,38-/m1/s1. The Kier molecular flexibility index (Phi) is 18.1. The summed E-state index contributed by atoms with van der Waals surface area (Å²) in [6.45, 7) is 6.31. The Morgan fingerprint density at radius 1 is 0.691 bits per heavy atom. The second kappa shape index (κ2) is 22.4. The van der Waals surface area contributed by atoms with Gasteiger partial charge in [0.1, 0.15) is 42.5 Å². The first-order valence-electron chi connectivity index (χ1n) is 17.6. The van der Waals surface area contributed by atoms with Gasteiger partial charge in [-0.2, -0.15) is 0 Å². The summed E-state index contributed by atoms with van der Waals surface area (Å²) in [6.07, 6.45) is 0.293. The Balaban J connectivity index is 1.70. The number of carbonyl (C=O) groups excluding carboxylic acids is 3. The molecule has 14 heteroatoms. The molecule has 1 N–H and O–H groups in total. The van der Waals surface area contributed by atoms with Gasteiger partial charge in [0.15, 0.2) is 9.84 Å². The van der Waals surface area contributed by atoms with Crippen molar-refractivity contribution in [3.8, 4) is 11.5 Å². The molecular weight excluding hydrogens is 733 g/mol. The van der Waals surface area contributed by atoms with E-state index in [0.29, 0.717) is 11.5 Å². The predicted octanol–water partition coefficient (Wildman–Crippen LogP) is 5.25. The number of hydrogen-bond acceptors (Lipinski definition) is 13. The molecule has 3 aromatic rings. The van der Waals surface area contributed by atoms with E-state index in [1.807, 2.05) is 19.1 Å². The summed E-state index contributed by atoms with van der Waals surface area (Å²) in [7, 11) is -0.565. The molecule has 298 valence electrons. The fourth-order valence-corrected chi connectivity index (χ4v) is 5.98. The largest absolute Gasteiger partial charge is 0.497 e. The smallest absolute Gasteiger partial charge is 0.330 e. The van der Waals surface area contributed by atoms with Crippen molar-refractivity contribution in [2.45, 2.75) is 82.7 Å². The van der Waals surface area contributed by atoms with E-state index in [1.165, 1.54) is 31.2 Å². The lowest BCUT2D eigenvalue weighted by Crippen LogP contribution is -2.31. The molecule has 0 aliphatic heterocycles. The number of sulfone groups is 1. The zero-order valence-electron chi connectivity index (χ0n) is 31.9. The summed E-state index contributed by atoms with van der Waals surface area (Å²) in [5, 5.41) is 9.60. The molecule has 0 bridgehead atoms. The fourth-order valence-electron chi connectivity index (χ4n) is 4.89. The maximum Gasteiger partial charge on any atom is 0.330 e. The lowest BCUT2D eigenvalue weighted by Gasteiger charge is -2.23. The van der Waals surface area contributed by atoms with Gasteiger partial charge < -0.3 is 38.3 Å². The number of aryl methyl sites for hydroxylation is 1. The molecule has 0 unspecified atom stereocenters. The molecule has 0 spiro atoms. The fraction of sp³-hybridized carbons (Fsp3) is 0.390. The number of rotatable bonds is 22. The van der Waals surface area contributed by atoms with Crippen LogP contribution in [-0.4, -0.2) is 88.5 Å². The predicted molar refractivity (Wildman–Crippen MR) is 203 cm³/mol. The van der Waals surface area contributed by atoms with Crippen LogP contribution in [0.25, 0.3) is 0 Å². The third-order valence-electron chi connectivity index (χ3n) is 8.03. The molecule has 0 radical (unpaired) electrons. The Labute approximate surface area is 322 Å². The summed E-state index contributed by atoms with van der Waals surface area (Å²) < 4.78 is 64.0. The van der Waals surface area contributed by atoms with E-state index in [2.05, 4.69) is 0 Å². The van der Waals surface area contributed by atoms with Crippen molar-refractivity contribution in [2.75, 3.05) is 26.6 Å². The maximum absolute atomic E-state index is 13.1. The zero-order valence-corrected chi connectivity index (χ0v) is 32.7. The lowest BCUT2D eigenvalue weighted by atomic mass is 10.1. The Hall–Kier alpha value is -5.02. The van der Waals surface area contributed by atoms with Crippen molar-refractivity contribution >= 4 is 27.7 Å². The van der Waals surface area contributed by atoms with Crippen LogP contribution in [0.4, 0.5) is 0 Å². The maximum atomic E-state index is 13.1. The van der Waals surface area contributed by atoms with Crippen LogP contribution < -0.4 is 9.47 Å². The van der Waals surface area contributed by atoms with E-state index in [-0.39, 0.29) is 31.1 Å². The first-order valence-corrected chi connectivity index (χ1v) is 19.2. The van der Waals surface area contributed by atoms with Crippen LogP contribution in [0.3, 0.4) is 0 Å². The van der Waals surface area contributed by atoms with E-state index in [4.69, 9.17) is 33.2 Å². The molecule has 0 saturated carbocycles. The Morgan fingerprint density at radius 2 is 1.16 bits per heavy atom. The highest BCUT2D eigenvalue weighted by Gasteiger charge is 2.23. The molecule has 0 fully saturated rings. The summed E-state index contributed by atoms with van der Waals surface area (Å²) in [5.41, 5.74) is 2.49. The van der Waals surface area contributed by atoms with Gasteiger partial charge in [-0.25, -0.2) is 18.0 Å². The second-order valence-electron chi connectivity index (χ2n) is 12.7.